The maximum Gasteiger partial charge on any atom is 0.243 e. The van der Waals surface area contributed by atoms with E-state index in [2.05, 4.69) is 29.4 Å². The number of rotatable bonds is 5. The van der Waals surface area contributed by atoms with Crippen molar-refractivity contribution in [2.45, 2.75) is 19.8 Å². The summed E-state index contributed by atoms with van der Waals surface area (Å²) < 4.78 is 12.7. The molecule has 5 aromatic carbocycles. The molecule has 36 heavy (non-hydrogen) atoms. The number of ether oxygens (including phenoxy) is 2. The summed E-state index contributed by atoms with van der Waals surface area (Å²) in [6, 6.07) is 36.1. The number of hydrogen-bond acceptors (Lipinski definition) is 4. The Kier molecular flexibility index (Phi) is 5.58. The molecule has 0 fully saturated rings. The Balaban J connectivity index is 1.33. The molecule has 0 radical (unpaired) electrons. The Bertz CT molecular complexity index is 1610. The molecule has 0 bridgehead atoms. The quantitative estimate of drug-likeness (QED) is 0.282. The number of hydrazone groups is 1. The van der Waals surface area contributed by atoms with E-state index in [4.69, 9.17) is 9.47 Å². The van der Waals surface area contributed by atoms with Crippen molar-refractivity contribution in [1.29, 1.82) is 0 Å². The summed E-state index contributed by atoms with van der Waals surface area (Å²) in [5, 5.41) is 10.4. The third kappa shape index (κ3) is 3.95. The van der Waals surface area contributed by atoms with Crippen LogP contribution in [0, 0.1) is 0 Å². The highest BCUT2D eigenvalue weighted by atomic mass is 16.5. The molecule has 6 rings (SSSR count). The summed E-state index contributed by atoms with van der Waals surface area (Å²) in [5.41, 5.74) is 2.68. The summed E-state index contributed by atoms with van der Waals surface area (Å²) in [6.45, 7) is 1.88. The first-order valence-electron chi connectivity index (χ1n) is 11.9. The zero-order valence-corrected chi connectivity index (χ0v) is 19.8. The van der Waals surface area contributed by atoms with Crippen LogP contribution in [0.3, 0.4) is 0 Å². The lowest BCUT2D eigenvalue weighted by Gasteiger charge is -2.22. The Morgan fingerprint density at radius 3 is 2.25 bits per heavy atom. The molecule has 176 valence electrons. The van der Waals surface area contributed by atoms with Crippen molar-refractivity contribution in [3.63, 3.8) is 0 Å². The predicted molar refractivity (Wildman–Crippen MR) is 142 cm³/mol. The number of hydrogen-bond donors (Lipinski definition) is 0. The minimum Gasteiger partial charge on any atom is -0.488 e. The molecule has 0 N–H and O–H groups in total. The SMILES string of the molecule is CC(=O)N1N=C(c2cccc3ccccc23)O[C@H]1c1ccccc1OCc1cccc2ccccc12. The molecule has 0 saturated heterocycles. The van der Waals surface area contributed by atoms with Gasteiger partial charge in [0.15, 0.2) is 0 Å². The first-order valence-corrected chi connectivity index (χ1v) is 11.9. The fraction of sp³-hybridized carbons (Fsp3) is 0.0968. The van der Waals surface area contributed by atoms with Crippen LogP contribution in [-0.4, -0.2) is 16.8 Å². The zero-order valence-electron chi connectivity index (χ0n) is 19.8. The second-order valence-electron chi connectivity index (χ2n) is 8.73. The van der Waals surface area contributed by atoms with Crippen LogP contribution >= 0.6 is 0 Å². The van der Waals surface area contributed by atoms with Gasteiger partial charge in [0.2, 0.25) is 18.0 Å². The molecule has 1 aliphatic rings. The van der Waals surface area contributed by atoms with Crippen molar-refractivity contribution in [2.24, 2.45) is 5.10 Å². The van der Waals surface area contributed by atoms with Crippen LogP contribution in [0.15, 0.2) is 114 Å². The van der Waals surface area contributed by atoms with Gasteiger partial charge in [0.05, 0.1) is 5.56 Å². The molecular formula is C31H24N2O3. The van der Waals surface area contributed by atoms with Gasteiger partial charge >= 0.3 is 0 Å². The van der Waals surface area contributed by atoms with E-state index in [-0.39, 0.29) is 5.91 Å². The van der Waals surface area contributed by atoms with Crippen molar-refractivity contribution in [2.75, 3.05) is 0 Å². The van der Waals surface area contributed by atoms with E-state index in [1.807, 2.05) is 84.9 Å². The predicted octanol–water partition coefficient (Wildman–Crippen LogP) is 6.81. The number of carbonyl (C=O) groups is 1. The molecule has 5 nitrogen and oxygen atoms in total. The minimum absolute atomic E-state index is 0.209. The van der Waals surface area contributed by atoms with Crippen LogP contribution in [0.1, 0.15) is 29.8 Å². The Morgan fingerprint density at radius 2 is 1.44 bits per heavy atom. The van der Waals surface area contributed by atoms with Crippen LogP contribution in [0.5, 0.6) is 5.75 Å². The molecule has 0 saturated carbocycles. The normalized spacial score (nSPS) is 15.1. The maximum absolute atomic E-state index is 12.6. The number of para-hydroxylation sites is 1. The van der Waals surface area contributed by atoms with Crippen LogP contribution in [0.4, 0.5) is 0 Å². The topological polar surface area (TPSA) is 51.1 Å². The lowest BCUT2D eigenvalue weighted by Crippen LogP contribution is -2.25. The van der Waals surface area contributed by atoms with E-state index in [0.717, 1.165) is 32.8 Å². The van der Waals surface area contributed by atoms with Crippen molar-refractivity contribution < 1.29 is 14.3 Å². The van der Waals surface area contributed by atoms with Crippen LogP contribution in [-0.2, 0) is 16.1 Å². The molecule has 1 atom stereocenters. The lowest BCUT2D eigenvalue weighted by molar-refractivity contribution is -0.135. The molecule has 0 aromatic heterocycles. The standard InChI is InChI=1S/C31H24N2O3/c1-21(34)33-31(36-30(32-33)27-18-9-13-23-11-3-5-16-26(23)27)28-17-6-7-19-29(28)35-20-24-14-8-12-22-10-2-4-15-25(22)24/h2-19,31H,20H2,1H3/t31-/m0/s1. The van der Waals surface area contributed by atoms with Crippen molar-refractivity contribution in [3.05, 3.63) is 126 Å². The highest BCUT2D eigenvalue weighted by molar-refractivity contribution is 6.07. The summed E-state index contributed by atoms with van der Waals surface area (Å²) in [5.74, 6) is 0.853. The van der Waals surface area contributed by atoms with Crippen LogP contribution in [0.2, 0.25) is 0 Å². The fourth-order valence-corrected chi connectivity index (χ4v) is 4.68. The zero-order chi connectivity index (χ0) is 24.5. The Morgan fingerprint density at radius 1 is 0.806 bits per heavy atom. The van der Waals surface area contributed by atoms with Gasteiger partial charge in [-0.05, 0) is 45.3 Å². The summed E-state index contributed by atoms with van der Waals surface area (Å²) in [4.78, 5) is 12.6. The molecule has 5 heteroatoms. The highest BCUT2D eigenvalue weighted by Gasteiger charge is 2.35. The second-order valence-corrected chi connectivity index (χ2v) is 8.73. The summed E-state index contributed by atoms with van der Waals surface area (Å²) >= 11 is 0. The van der Waals surface area contributed by atoms with Gasteiger partial charge in [-0.25, -0.2) is 0 Å². The second kappa shape index (κ2) is 9.19. The van der Waals surface area contributed by atoms with Gasteiger partial charge in [0, 0.05) is 12.5 Å². The van der Waals surface area contributed by atoms with E-state index in [1.54, 1.807) is 0 Å². The van der Waals surface area contributed by atoms with Gasteiger partial charge in [0.25, 0.3) is 0 Å². The first kappa shape index (κ1) is 21.9. The molecule has 1 aliphatic heterocycles. The number of fused-ring (bicyclic) bond motifs is 2. The first-order chi connectivity index (χ1) is 17.7. The third-order valence-electron chi connectivity index (χ3n) is 6.43. The molecule has 5 aromatic rings. The largest absolute Gasteiger partial charge is 0.488 e. The maximum atomic E-state index is 12.6. The number of nitrogens with zero attached hydrogens (tertiary/aromatic N) is 2. The molecule has 1 heterocycles. The average Bonchev–Trinajstić information content (AvgIpc) is 3.37. The van der Waals surface area contributed by atoms with E-state index in [9.17, 15) is 4.79 Å². The minimum atomic E-state index is -0.722. The van der Waals surface area contributed by atoms with Crippen molar-refractivity contribution in [3.8, 4) is 5.75 Å². The van der Waals surface area contributed by atoms with Crippen LogP contribution in [0.25, 0.3) is 21.5 Å². The van der Waals surface area contributed by atoms with Gasteiger partial charge in [0.1, 0.15) is 12.4 Å². The van der Waals surface area contributed by atoms with Gasteiger partial charge in [-0.15, -0.1) is 5.10 Å². The van der Waals surface area contributed by atoms with Gasteiger partial charge in [-0.1, -0.05) is 91.0 Å². The van der Waals surface area contributed by atoms with Gasteiger partial charge in [-0.2, -0.15) is 5.01 Å². The number of amides is 1. The van der Waals surface area contributed by atoms with Gasteiger partial charge < -0.3 is 9.47 Å². The summed E-state index contributed by atoms with van der Waals surface area (Å²) in [7, 11) is 0. The van der Waals surface area contributed by atoms with Crippen LogP contribution < -0.4 is 4.74 Å². The third-order valence-corrected chi connectivity index (χ3v) is 6.43. The number of benzene rings is 5. The average molecular weight is 473 g/mol. The monoisotopic (exact) mass is 472 g/mol. The van der Waals surface area contributed by atoms with E-state index in [0.29, 0.717) is 18.3 Å². The molecule has 1 amide bonds. The highest BCUT2D eigenvalue weighted by Crippen LogP contribution is 2.37. The van der Waals surface area contributed by atoms with Crippen molar-refractivity contribution in [1.82, 2.24) is 5.01 Å². The number of carbonyl (C=O) groups excluding carboxylic acids is 1. The molecular weight excluding hydrogens is 448 g/mol. The lowest BCUT2D eigenvalue weighted by atomic mass is 10.0. The smallest absolute Gasteiger partial charge is 0.243 e. The van der Waals surface area contributed by atoms with E-state index >= 15 is 0 Å². The fourth-order valence-electron chi connectivity index (χ4n) is 4.68. The Labute approximate surface area is 209 Å². The van der Waals surface area contributed by atoms with E-state index < -0.39 is 6.23 Å². The molecule has 0 spiro atoms. The summed E-state index contributed by atoms with van der Waals surface area (Å²) in [6.07, 6.45) is -0.722. The molecule has 0 unspecified atom stereocenters. The van der Waals surface area contributed by atoms with Crippen molar-refractivity contribution >= 4 is 33.3 Å². The van der Waals surface area contributed by atoms with Gasteiger partial charge in [-0.3, -0.25) is 4.79 Å². The molecule has 0 aliphatic carbocycles. The van der Waals surface area contributed by atoms with E-state index in [1.165, 1.54) is 17.3 Å². The Hall–Kier alpha value is -4.64.